The van der Waals surface area contributed by atoms with Crippen molar-refractivity contribution in [1.29, 1.82) is 0 Å². The maximum Gasteiger partial charge on any atom is 0.348 e. The lowest BCUT2D eigenvalue weighted by Crippen LogP contribution is -2.16. The maximum absolute atomic E-state index is 13.8. The van der Waals surface area contributed by atoms with Gasteiger partial charge in [0.1, 0.15) is 22.1 Å². The number of hydrogen-bond donors (Lipinski definition) is 2. The predicted molar refractivity (Wildman–Crippen MR) is 95.8 cm³/mol. The summed E-state index contributed by atoms with van der Waals surface area (Å²) >= 11 is 0.970. The Kier molecular flexibility index (Phi) is 4.81. The fourth-order valence-corrected chi connectivity index (χ4v) is 3.36. The number of halogens is 2. The first-order valence-corrected chi connectivity index (χ1v) is 8.38. The van der Waals surface area contributed by atoms with Gasteiger partial charge in [0.2, 0.25) is 0 Å². The zero-order chi connectivity index (χ0) is 18.8. The molecule has 132 valence electrons. The van der Waals surface area contributed by atoms with Gasteiger partial charge >= 0.3 is 5.97 Å². The van der Waals surface area contributed by atoms with Crippen molar-refractivity contribution < 1.29 is 23.5 Å². The lowest BCUT2D eigenvalue weighted by atomic mass is 10.1. The number of hydrogen-bond acceptors (Lipinski definition) is 3. The molecule has 0 spiro atoms. The SMILES string of the molecule is Cc1ccc(-c2cc(NC(=O)c3c(F)cccc3F)c(C(=O)O)s2)cc1. The minimum absolute atomic E-state index is 0.00859. The van der Waals surface area contributed by atoms with Crippen molar-refractivity contribution in [3.63, 3.8) is 0 Å². The summed E-state index contributed by atoms with van der Waals surface area (Å²) in [7, 11) is 0. The van der Waals surface area contributed by atoms with Crippen molar-refractivity contribution in [3.05, 3.63) is 76.2 Å². The monoisotopic (exact) mass is 373 g/mol. The van der Waals surface area contributed by atoms with Gasteiger partial charge in [0.15, 0.2) is 0 Å². The summed E-state index contributed by atoms with van der Waals surface area (Å²) in [4.78, 5) is 24.2. The summed E-state index contributed by atoms with van der Waals surface area (Å²) in [5.74, 6) is -4.32. The van der Waals surface area contributed by atoms with Gasteiger partial charge in [0, 0.05) is 4.88 Å². The molecule has 1 aromatic heterocycles. The Labute approximate surface area is 151 Å². The highest BCUT2D eigenvalue weighted by atomic mass is 32.1. The number of amides is 1. The van der Waals surface area contributed by atoms with Gasteiger partial charge in [0.05, 0.1) is 5.69 Å². The lowest BCUT2D eigenvalue weighted by Gasteiger charge is -2.06. The molecule has 26 heavy (non-hydrogen) atoms. The van der Waals surface area contributed by atoms with Gasteiger partial charge < -0.3 is 10.4 Å². The summed E-state index contributed by atoms with van der Waals surface area (Å²) in [6, 6.07) is 12.0. The standard InChI is InChI=1S/C19H13F2NO3S/c1-10-5-7-11(8-6-10)15-9-14(17(26-15)19(24)25)22-18(23)16-12(20)3-2-4-13(16)21/h2-9H,1H3,(H,22,23)(H,24,25). The van der Waals surface area contributed by atoms with Crippen molar-refractivity contribution in [2.24, 2.45) is 0 Å². The molecule has 3 aromatic rings. The van der Waals surface area contributed by atoms with Gasteiger partial charge in [-0.3, -0.25) is 4.79 Å². The smallest absolute Gasteiger partial charge is 0.348 e. The van der Waals surface area contributed by atoms with Crippen molar-refractivity contribution in [1.82, 2.24) is 0 Å². The van der Waals surface area contributed by atoms with Crippen LogP contribution in [0.5, 0.6) is 0 Å². The number of carbonyl (C=O) groups is 2. The minimum Gasteiger partial charge on any atom is -0.477 e. The number of carbonyl (C=O) groups excluding carboxylic acids is 1. The van der Waals surface area contributed by atoms with E-state index in [0.717, 1.165) is 40.7 Å². The van der Waals surface area contributed by atoms with Crippen LogP contribution in [-0.2, 0) is 0 Å². The molecule has 0 saturated heterocycles. The highest BCUT2D eigenvalue weighted by Crippen LogP contribution is 2.35. The molecule has 0 aliphatic carbocycles. The van der Waals surface area contributed by atoms with Crippen LogP contribution in [0, 0.1) is 18.6 Å². The third kappa shape index (κ3) is 3.48. The molecular formula is C19H13F2NO3S. The summed E-state index contributed by atoms with van der Waals surface area (Å²) < 4.78 is 27.5. The molecule has 0 unspecified atom stereocenters. The van der Waals surface area contributed by atoms with Crippen molar-refractivity contribution >= 4 is 28.9 Å². The number of carboxylic acids is 1. The second kappa shape index (κ2) is 7.05. The number of rotatable bonds is 4. The molecule has 0 fully saturated rings. The molecule has 0 saturated carbocycles. The number of aryl methyl sites for hydroxylation is 1. The van der Waals surface area contributed by atoms with Crippen LogP contribution in [-0.4, -0.2) is 17.0 Å². The molecule has 0 atom stereocenters. The van der Waals surface area contributed by atoms with E-state index < -0.39 is 29.1 Å². The lowest BCUT2D eigenvalue weighted by molar-refractivity contribution is 0.0703. The molecule has 3 rings (SSSR count). The Bertz CT molecular complexity index is 976. The summed E-state index contributed by atoms with van der Waals surface area (Å²) in [6.45, 7) is 1.93. The van der Waals surface area contributed by atoms with E-state index in [9.17, 15) is 23.5 Å². The van der Waals surface area contributed by atoms with E-state index in [-0.39, 0.29) is 10.6 Å². The molecule has 0 radical (unpaired) electrons. The zero-order valence-electron chi connectivity index (χ0n) is 13.5. The second-order valence-corrected chi connectivity index (χ2v) is 6.63. The van der Waals surface area contributed by atoms with E-state index in [1.165, 1.54) is 6.07 Å². The van der Waals surface area contributed by atoms with Crippen LogP contribution >= 0.6 is 11.3 Å². The largest absolute Gasteiger partial charge is 0.477 e. The maximum atomic E-state index is 13.8. The van der Waals surface area contributed by atoms with Crippen molar-refractivity contribution in [2.45, 2.75) is 6.92 Å². The summed E-state index contributed by atoms with van der Waals surface area (Å²) in [5, 5.41) is 11.7. The highest BCUT2D eigenvalue weighted by Gasteiger charge is 2.22. The van der Waals surface area contributed by atoms with E-state index in [1.54, 1.807) is 0 Å². The Morgan fingerprint density at radius 1 is 1.04 bits per heavy atom. The van der Waals surface area contributed by atoms with Crippen molar-refractivity contribution in [2.75, 3.05) is 5.32 Å². The number of anilines is 1. The summed E-state index contributed by atoms with van der Waals surface area (Å²) in [6.07, 6.45) is 0. The Hall–Kier alpha value is -3.06. The quantitative estimate of drug-likeness (QED) is 0.680. The van der Waals surface area contributed by atoms with E-state index in [2.05, 4.69) is 5.32 Å². The number of benzene rings is 2. The highest BCUT2D eigenvalue weighted by molar-refractivity contribution is 7.18. The van der Waals surface area contributed by atoms with Gasteiger partial charge in [-0.25, -0.2) is 13.6 Å². The van der Waals surface area contributed by atoms with Crippen LogP contribution < -0.4 is 5.32 Å². The van der Waals surface area contributed by atoms with Crippen LogP contribution in [0.1, 0.15) is 25.6 Å². The van der Waals surface area contributed by atoms with Gasteiger partial charge in [-0.05, 0) is 30.7 Å². The third-order valence-corrected chi connectivity index (χ3v) is 4.87. The van der Waals surface area contributed by atoms with E-state index in [4.69, 9.17) is 0 Å². The van der Waals surface area contributed by atoms with Crippen LogP contribution in [0.4, 0.5) is 14.5 Å². The fraction of sp³-hybridized carbons (Fsp3) is 0.0526. The van der Waals surface area contributed by atoms with Gasteiger partial charge in [-0.1, -0.05) is 35.9 Å². The zero-order valence-corrected chi connectivity index (χ0v) is 14.4. The Balaban J connectivity index is 1.98. The average Bonchev–Trinajstić information content (AvgIpc) is 2.99. The number of aromatic carboxylic acids is 1. The molecule has 0 bridgehead atoms. The molecular weight excluding hydrogens is 360 g/mol. The molecule has 2 N–H and O–H groups in total. The van der Waals surface area contributed by atoms with Crippen LogP contribution in [0.15, 0.2) is 48.5 Å². The molecule has 1 amide bonds. The molecule has 0 aliphatic heterocycles. The van der Waals surface area contributed by atoms with Crippen LogP contribution in [0.25, 0.3) is 10.4 Å². The normalized spacial score (nSPS) is 10.6. The van der Waals surface area contributed by atoms with Gasteiger partial charge in [-0.2, -0.15) is 0 Å². The molecule has 2 aromatic carbocycles. The van der Waals surface area contributed by atoms with Crippen molar-refractivity contribution in [3.8, 4) is 10.4 Å². The number of carboxylic acid groups (broad SMARTS) is 1. The topological polar surface area (TPSA) is 66.4 Å². The van der Waals surface area contributed by atoms with E-state index in [0.29, 0.717) is 4.88 Å². The second-order valence-electron chi connectivity index (χ2n) is 5.58. The van der Waals surface area contributed by atoms with Crippen LogP contribution in [0.3, 0.4) is 0 Å². The van der Waals surface area contributed by atoms with Crippen LogP contribution in [0.2, 0.25) is 0 Å². The Morgan fingerprint density at radius 3 is 2.23 bits per heavy atom. The first-order valence-electron chi connectivity index (χ1n) is 7.56. The number of thiophene rings is 1. The third-order valence-electron chi connectivity index (χ3n) is 3.70. The first-order chi connectivity index (χ1) is 12.4. The van der Waals surface area contributed by atoms with E-state index in [1.807, 2.05) is 31.2 Å². The van der Waals surface area contributed by atoms with Gasteiger partial charge in [0.25, 0.3) is 5.91 Å². The molecule has 0 aliphatic rings. The molecule has 1 heterocycles. The predicted octanol–water partition coefficient (Wildman–Crippen LogP) is 4.95. The van der Waals surface area contributed by atoms with Gasteiger partial charge in [-0.15, -0.1) is 11.3 Å². The van der Waals surface area contributed by atoms with E-state index >= 15 is 0 Å². The summed E-state index contributed by atoms with van der Waals surface area (Å²) in [5.41, 5.74) is 1.06. The average molecular weight is 373 g/mol. The fourth-order valence-electron chi connectivity index (χ4n) is 2.40. The Morgan fingerprint density at radius 2 is 1.65 bits per heavy atom. The minimum atomic E-state index is -1.24. The number of nitrogens with one attached hydrogen (secondary N) is 1. The molecule has 4 nitrogen and oxygen atoms in total. The molecule has 7 heteroatoms. The first kappa shape index (κ1) is 17.8.